The first kappa shape index (κ1) is 22.6. The van der Waals surface area contributed by atoms with Gasteiger partial charge in [0.15, 0.2) is 0 Å². The van der Waals surface area contributed by atoms with Crippen LogP contribution in [0.1, 0.15) is 58.3 Å². The number of carbonyl (C=O) groups is 1. The van der Waals surface area contributed by atoms with Crippen molar-refractivity contribution in [3.8, 4) is 0 Å². The van der Waals surface area contributed by atoms with Crippen LogP contribution in [-0.4, -0.2) is 41.7 Å². The van der Waals surface area contributed by atoms with Crippen molar-refractivity contribution in [2.75, 3.05) is 7.11 Å². The normalized spacial score (nSPS) is 22.7. The molecule has 4 atom stereocenters. The summed E-state index contributed by atoms with van der Waals surface area (Å²) in [7, 11) is 1.38. The van der Waals surface area contributed by atoms with E-state index in [1.165, 1.54) is 13.2 Å². The van der Waals surface area contributed by atoms with E-state index in [9.17, 15) is 19.4 Å². The predicted molar refractivity (Wildman–Crippen MR) is 101 cm³/mol. The molecule has 0 aromatic rings. The Morgan fingerprint density at radius 2 is 2.19 bits per heavy atom. The van der Waals surface area contributed by atoms with Gasteiger partial charge in [-0.15, -0.1) is 0 Å². The van der Waals surface area contributed by atoms with Gasteiger partial charge in [0.05, 0.1) is 13.2 Å². The first-order chi connectivity index (χ1) is 12.5. The standard InChI is InChI=1S/C21H33FO4/c1-3-4-10-18(22)20(24)15-13-17-16(12-14-19(17)23)9-7-5-6-8-11-21(25)26-2/h5,7,12-13,15,17-20,23-24H,3-4,6,8-11,14H2,1-2H3/b7-5-,15-13+/t17-,18?,19-,20-/m1/s1. The molecule has 0 heterocycles. The molecule has 1 aliphatic rings. The van der Waals surface area contributed by atoms with Gasteiger partial charge in [0.1, 0.15) is 12.3 Å². The van der Waals surface area contributed by atoms with Crippen LogP contribution in [0.15, 0.2) is 36.0 Å². The van der Waals surface area contributed by atoms with Crippen LogP contribution in [0, 0.1) is 5.92 Å². The number of alkyl halides is 1. The van der Waals surface area contributed by atoms with Gasteiger partial charge in [-0.1, -0.05) is 55.7 Å². The van der Waals surface area contributed by atoms with Gasteiger partial charge < -0.3 is 14.9 Å². The Hall–Kier alpha value is -1.46. The van der Waals surface area contributed by atoms with Gasteiger partial charge in [0.2, 0.25) is 0 Å². The van der Waals surface area contributed by atoms with E-state index < -0.39 is 18.4 Å². The van der Waals surface area contributed by atoms with Crippen molar-refractivity contribution in [3.05, 3.63) is 36.0 Å². The van der Waals surface area contributed by atoms with E-state index in [4.69, 9.17) is 0 Å². The summed E-state index contributed by atoms with van der Waals surface area (Å²) in [6.07, 6.45) is 11.6. The van der Waals surface area contributed by atoms with Crippen LogP contribution in [-0.2, 0) is 9.53 Å². The van der Waals surface area contributed by atoms with E-state index in [-0.39, 0.29) is 11.9 Å². The Labute approximate surface area is 156 Å². The number of rotatable bonds is 12. The van der Waals surface area contributed by atoms with E-state index >= 15 is 0 Å². The monoisotopic (exact) mass is 368 g/mol. The quantitative estimate of drug-likeness (QED) is 0.310. The fraction of sp³-hybridized carbons (Fsp3) is 0.667. The number of aliphatic hydroxyl groups is 2. The molecule has 0 saturated heterocycles. The molecular formula is C21H33FO4. The van der Waals surface area contributed by atoms with Crippen LogP contribution in [0.2, 0.25) is 0 Å². The van der Waals surface area contributed by atoms with Gasteiger partial charge in [0.25, 0.3) is 0 Å². The smallest absolute Gasteiger partial charge is 0.305 e. The Balaban J connectivity index is 2.43. The van der Waals surface area contributed by atoms with Crippen LogP contribution in [0.3, 0.4) is 0 Å². The fourth-order valence-corrected chi connectivity index (χ4v) is 3.00. The van der Waals surface area contributed by atoms with Crippen molar-refractivity contribution in [1.29, 1.82) is 0 Å². The van der Waals surface area contributed by atoms with E-state index in [0.717, 1.165) is 31.3 Å². The summed E-state index contributed by atoms with van der Waals surface area (Å²) in [4.78, 5) is 11.0. The summed E-state index contributed by atoms with van der Waals surface area (Å²) < 4.78 is 18.4. The molecule has 148 valence electrons. The third-order valence-corrected chi connectivity index (χ3v) is 4.68. The average Bonchev–Trinajstić information content (AvgIpc) is 2.99. The second kappa shape index (κ2) is 12.8. The molecular weight excluding hydrogens is 335 g/mol. The average molecular weight is 368 g/mol. The SMILES string of the molecule is CCCCC(F)[C@H](O)/C=C/[C@@H]1C(C/C=C\CCCC(=O)OC)=CC[C@H]1O. The Morgan fingerprint density at radius 3 is 2.88 bits per heavy atom. The molecule has 0 bridgehead atoms. The van der Waals surface area contributed by atoms with E-state index in [1.54, 1.807) is 6.08 Å². The highest BCUT2D eigenvalue weighted by atomic mass is 19.1. The number of hydrogen-bond acceptors (Lipinski definition) is 4. The maximum atomic E-state index is 13.8. The van der Waals surface area contributed by atoms with Crippen LogP contribution in [0.5, 0.6) is 0 Å². The molecule has 0 fully saturated rings. The summed E-state index contributed by atoms with van der Waals surface area (Å²) in [5.74, 6) is -0.378. The lowest BCUT2D eigenvalue weighted by atomic mass is 9.95. The number of aliphatic hydroxyl groups excluding tert-OH is 2. The summed E-state index contributed by atoms with van der Waals surface area (Å²) in [6.45, 7) is 1.99. The summed E-state index contributed by atoms with van der Waals surface area (Å²) in [6, 6.07) is 0. The fourth-order valence-electron chi connectivity index (χ4n) is 3.00. The van der Waals surface area contributed by atoms with Crippen LogP contribution in [0.25, 0.3) is 0 Å². The first-order valence-electron chi connectivity index (χ1n) is 9.58. The van der Waals surface area contributed by atoms with Gasteiger partial charge in [-0.05, 0) is 32.1 Å². The minimum Gasteiger partial charge on any atom is -0.469 e. The number of allylic oxidation sites excluding steroid dienone is 2. The lowest BCUT2D eigenvalue weighted by Crippen LogP contribution is -2.21. The maximum Gasteiger partial charge on any atom is 0.305 e. The molecule has 0 aromatic carbocycles. The Bertz CT molecular complexity index is 498. The van der Waals surface area contributed by atoms with Gasteiger partial charge in [-0.2, -0.15) is 0 Å². The molecule has 5 heteroatoms. The second-order valence-electron chi connectivity index (χ2n) is 6.79. The summed E-state index contributed by atoms with van der Waals surface area (Å²) in [5, 5.41) is 20.0. The third kappa shape index (κ3) is 8.28. The summed E-state index contributed by atoms with van der Waals surface area (Å²) >= 11 is 0. The zero-order valence-corrected chi connectivity index (χ0v) is 15.9. The molecule has 0 spiro atoms. The van der Waals surface area contributed by atoms with E-state index in [0.29, 0.717) is 25.7 Å². The zero-order chi connectivity index (χ0) is 19.4. The Kier molecular flexibility index (Phi) is 11.1. The molecule has 0 aromatic heterocycles. The van der Waals surface area contributed by atoms with Crippen molar-refractivity contribution < 1.29 is 24.1 Å². The molecule has 26 heavy (non-hydrogen) atoms. The minimum absolute atomic E-state index is 0.178. The molecule has 0 aliphatic heterocycles. The highest BCUT2D eigenvalue weighted by Gasteiger charge is 2.25. The third-order valence-electron chi connectivity index (χ3n) is 4.68. The largest absolute Gasteiger partial charge is 0.469 e. The van der Waals surface area contributed by atoms with Crippen LogP contribution in [0.4, 0.5) is 4.39 Å². The number of methoxy groups -OCH3 is 1. The molecule has 0 radical (unpaired) electrons. The van der Waals surface area contributed by atoms with Crippen LogP contribution >= 0.6 is 0 Å². The van der Waals surface area contributed by atoms with Gasteiger partial charge in [-0.25, -0.2) is 4.39 Å². The number of halogens is 1. The van der Waals surface area contributed by atoms with Crippen LogP contribution < -0.4 is 0 Å². The molecule has 0 saturated carbocycles. The second-order valence-corrected chi connectivity index (χ2v) is 6.79. The molecule has 2 N–H and O–H groups in total. The van der Waals surface area contributed by atoms with Gasteiger partial charge in [0, 0.05) is 12.3 Å². The topological polar surface area (TPSA) is 66.8 Å². The number of ether oxygens (including phenoxy) is 1. The lowest BCUT2D eigenvalue weighted by molar-refractivity contribution is -0.140. The van der Waals surface area contributed by atoms with Crippen molar-refractivity contribution in [2.45, 2.75) is 76.7 Å². The molecule has 1 aliphatic carbocycles. The predicted octanol–water partition coefficient (Wildman–Crippen LogP) is 4.03. The number of hydrogen-bond donors (Lipinski definition) is 2. The number of unbranched alkanes of at least 4 members (excludes halogenated alkanes) is 2. The molecule has 1 unspecified atom stereocenters. The minimum atomic E-state index is -1.26. The van der Waals surface area contributed by atoms with Crippen molar-refractivity contribution in [2.24, 2.45) is 5.92 Å². The maximum absolute atomic E-state index is 13.8. The molecule has 0 amide bonds. The van der Waals surface area contributed by atoms with Gasteiger partial charge in [-0.3, -0.25) is 4.79 Å². The zero-order valence-electron chi connectivity index (χ0n) is 15.9. The Morgan fingerprint density at radius 1 is 1.42 bits per heavy atom. The molecule has 4 nitrogen and oxygen atoms in total. The number of esters is 1. The van der Waals surface area contributed by atoms with E-state index in [2.05, 4.69) is 4.74 Å². The highest BCUT2D eigenvalue weighted by Crippen LogP contribution is 2.30. The first-order valence-corrected chi connectivity index (χ1v) is 9.58. The van der Waals surface area contributed by atoms with Gasteiger partial charge >= 0.3 is 5.97 Å². The summed E-state index contributed by atoms with van der Waals surface area (Å²) in [5.41, 5.74) is 1.08. The highest BCUT2D eigenvalue weighted by molar-refractivity contribution is 5.69. The lowest BCUT2D eigenvalue weighted by Gasteiger charge is -2.16. The van der Waals surface area contributed by atoms with Crippen molar-refractivity contribution in [3.63, 3.8) is 0 Å². The number of carbonyl (C=O) groups excluding carboxylic acids is 1. The van der Waals surface area contributed by atoms with Crippen molar-refractivity contribution >= 4 is 5.97 Å². The van der Waals surface area contributed by atoms with E-state index in [1.807, 2.05) is 25.2 Å². The molecule has 1 rings (SSSR count). The van der Waals surface area contributed by atoms with Crippen molar-refractivity contribution in [1.82, 2.24) is 0 Å².